The molecule has 1 saturated heterocycles. The van der Waals surface area contributed by atoms with Crippen molar-refractivity contribution in [3.8, 4) is 0 Å². The summed E-state index contributed by atoms with van der Waals surface area (Å²) in [5, 5.41) is 3.32. The lowest BCUT2D eigenvalue weighted by molar-refractivity contribution is -0.136. The average molecular weight is 379 g/mol. The second-order valence-electron chi connectivity index (χ2n) is 6.04. The van der Waals surface area contributed by atoms with Gasteiger partial charge < -0.3 is 4.90 Å². The van der Waals surface area contributed by atoms with Crippen LogP contribution in [0.1, 0.15) is 47.2 Å². The predicted octanol–water partition coefficient (Wildman–Crippen LogP) is 2.17. The van der Waals surface area contributed by atoms with Gasteiger partial charge in [0.25, 0.3) is 5.91 Å². The van der Waals surface area contributed by atoms with Crippen molar-refractivity contribution < 1.29 is 14.4 Å². The normalized spacial score (nSPS) is 20.7. The first-order chi connectivity index (χ1) is 11.1. The molecule has 23 heavy (non-hydrogen) atoms. The molecular formula is C17H19BrN2O3. The summed E-state index contributed by atoms with van der Waals surface area (Å²) in [6.45, 7) is 0.451. The lowest BCUT2D eigenvalue weighted by atomic mass is 10.0. The Kier molecular flexibility index (Phi) is 4.80. The number of hydrogen-bond donors (Lipinski definition) is 1. The van der Waals surface area contributed by atoms with Gasteiger partial charge in [0.2, 0.25) is 11.8 Å². The predicted molar refractivity (Wildman–Crippen MR) is 89.2 cm³/mol. The topological polar surface area (TPSA) is 66.5 Å². The van der Waals surface area contributed by atoms with Crippen LogP contribution in [0, 0.1) is 0 Å². The van der Waals surface area contributed by atoms with Gasteiger partial charge in [-0.1, -0.05) is 28.1 Å². The quantitative estimate of drug-likeness (QED) is 0.485. The van der Waals surface area contributed by atoms with E-state index in [2.05, 4.69) is 27.3 Å². The summed E-state index contributed by atoms with van der Waals surface area (Å²) in [6.07, 6.45) is 3.91. The van der Waals surface area contributed by atoms with Crippen molar-refractivity contribution in [2.45, 2.75) is 44.7 Å². The first-order valence-electron chi connectivity index (χ1n) is 7.92. The molecule has 0 saturated carbocycles. The number of halogens is 1. The van der Waals surface area contributed by atoms with E-state index in [4.69, 9.17) is 0 Å². The highest BCUT2D eigenvalue weighted by Crippen LogP contribution is 2.28. The van der Waals surface area contributed by atoms with Crippen molar-refractivity contribution in [1.82, 2.24) is 10.2 Å². The number of carbonyl (C=O) groups is 3. The maximum absolute atomic E-state index is 12.5. The number of amides is 3. The first kappa shape index (κ1) is 16.2. The highest BCUT2D eigenvalue weighted by atomic mass is 79.9. The zero-order valence-electron chi connectivity index (χ0n) is 12.8. The summed E-state index contributed by atoms with van der Waals surface area (Å²) in [5.41, 5.74) is 2.89. The lowest BCUT2D eigenvalue weighted by Gasteiger charge is -2.29. The molecule has 3 rings (SSSR count). The number of hydrogen-bond acceptors (Lipinski definition) is 3. The summed E-state index contributed by atoms with van der Waals surface area (Å²) in [6, 6.07) is 5.41. The van der Waals surface area contributed by atoms with E-state index >= 15 is 0 Å². The number of piperidine rings is 1. The van der Waals surface area contributed by atoms with Crippen LogP contribution in [0.3, 0.4) is 0 Å². The zero-order valence-corrected chi connectivity index (χ0v) is 14.4. The van der Waals surface area contributed by atoms with Crippen molar-refractivity contribution in [2.24, 2.45) is 0 Å². The number of imide groups is 1. The van der Waals surface area contributed by atoms with E-state index in [1.165, 1.54) is 5.56 Å². The Morgan fingerprint density at radius 3 is 2.78 bits per heavy atom. The third kappa shape index (κ3) is 3.32. The van der Waals surface area contributed by atoms with Crippen molar-refractivity contribution in [3.05, 3.63) is 34.9 Å². The molecule has 1 atom stereocenters. The minimum atomic E-state index is -0.538. The van der Waals surface area contributed by atoms with Gasteiger partial charge in [-0.05, 0) is 42.9 Å². The number of benzene rings is 1. The largest absolute Gasteiger partial charge is 0.322 e. The molecular weight excluding hydrogens is 360 g/mol. The van der Waals surface area contributed by atoms with Crippen LogP contribution in [-0.2, 0) is 22.6 Å². The van der Waals surface area contributed by atoms with Gasteiger partial charge in [-0.25, -0.2) is 0 Å². The monoisotopic (exact) mass is 378 g/mol. The van der Waals surface area contributed by atoms with Crippen molar-refractivity contribution in [1.29, 1.82) is 0 Å². The van der Waals surface area contributed by atoms with E-state index in [0.717, 1.165) is 30.2 Å². The van der Waals surface area contributed by atoms with Gasteiger partial charge in [0.05, 0.1) is 0 Å². The fraction of sp³-hybridized carbons (Fsp3) is 0.471. The highest BCUT2D eigenvalue weighted by molar-refractivity contribution is 9.09. The molecule has 0 radical (unpaired) electrons. The third-order valence-corrected chi connectivity index (χ3v) is 5.00. The number of rotatable bonds is 5. The molecule has 6 heteroatoms. The smallest absolute Gasteiger partial charge is 0.255 e. The minimum absolute atomic E-state index is 0.110. The van der Waals surface area contributed by atoms with Gasteiger partial charge in [-0.15, -0.1) is 0 Å². The molecule has 1 fully saturated rings. The van der Waals surface area contributed by atoms with Crippen molar-refractivity contribution >= 4 is 33.7 Å². The molecule has 2 heterocycles. The molecule has 0 bridgehead atoms. The zero-order chi connectivity index (χ0) is 16.4. The van der Waals surface area contributed by atoms with Crippen LogP contribution in [0.2, 0.25) is 0 Å². The van der Waals surface area contributed by atoms with Gasteiger partial charge in [0, 0.05) is 23.9 Å². The summed E-state index contributed by atoms with van der Waals surface area (Å²) in [7, 11) is 0. The number of fused-ring (bicyclic) bond motifs is 1. The molecule has 5 nitrogen and oxygen atoms in total. The van der Waals surface area contributed by atoms with Crippen LogP contribution in [-0.4, -0.2) is 34.0 Å². The second-order valence-corrected chi connectivity index (χ2v) is 6.83. The molecule has 0 aliphatic carbocycles. The van der Waals surface area contributed by atoms with Gasteiger partial charge in [-0.3, -0.25) is 19.7 Å². The van der Waals surface area contributed by atoms with Crippen molar-refractivity contribution in [3.63, 3.8) is 0 Å². The summed E-state index contributed by atoms with van der Waals surface area (Å²) in [4.78, 5) is 37.4. The molecule has 0 aromatic heterocycles. The molecule has 122 valence electrons. The number of carbonyl (C=O) groups excluding carboxylic acids is 3. The Balaban J connectivity index is 1.73. The van der Waals surface area contributed by atoms with E-state index < -0.39 is 6.04 Å². The fourth-order valence-corrected chi connectivity index (χ4v) is 3.60. The third-order valence-electron chi connectivity index (χ3n) is 4.44. The van der Waals surface area contributed by atoms with E-state index in [0.29, 0.717) is 18.5 Å². The number of nitrogens with zero attached hydrogens (tertiary/aromatic N) is 1. The van der Waals surface area contributed by atoms with Crippen LogP contribution in [0.5, 0.6) is 0 Å². The molecule has 3 amide bonds. The number of nitrogens with one attached hydrogen (secondary N) is 1. The van der Waals surface area contributed by atoms with Crippen LogP contribution < -0.4 is 5.32 Å². The number of unbranched alkanes of at least 4 members (excludes halogenated alkanes) is 1. The molecule has 1 aromatic rings. The Morgan fingerprint density at radius 1 is 1.22 bits per heavy atom. The fourth-order valence-electron chi connectivity index (χ4n) is 3.21. The molecule has 2 aliphatic rings. The van der Waals surface area contributed by atoms with Crippen LogP contribution in [0.4, 0.5) is 0 Å². The van der Waals surface area contributed by atoms with Crippen LogP contribution >= 0.6 is 15.9 Å². The molecule has 1 unspecified atom stereocenters. The number of aryl methyl sites for hydroxylation is 1. The van der Waals surface area contributed by atoms with E-state index in [1.807, 2.05) is 12.1 Å². The maximum atomic E-state index is 12.5. The molecule has 0 spiro atoms. The Hall–Kier alpha value is -1.69. The Bertz CT molecular complexity index is 659. The van der Waals surface area contributed by atoms with E-state index in [1.54, 1.807) is 4.90 Å². The van der Waals surface area contributed by atoms with Crippen LogP contribution in [0.25, 0.3) is 0 Å². The Morgan fingerprint density at radius 2 is 2.04 bits per heavy atom. The molecule has 1 aromatic carbocycles. The van der Waals surface area contributed by atoms with Crippen molar-refractivity contribution in [2.75, 3.05) is 5.33 Å². The van der Waals surface area contributed by atoms with E-state index in [9.17, 15) is 14.4 Å². The molecule has 1 N–H and O–H groups in total. The van der Waals surface area contributed by atoms with Gasteiger partial charge in [0.1, 0.15) is 6.04 Å². The average Bonchev–Trinajstić information content (AvgIpc) is 2.84. The van der Waals surface area contributed by atoms with E-state index in [-0.39, 0.29) is 24.1 Å². The second kappa shape index (κ2) is 6.83. The summed E-state index contributed by atoms with van der Waals surface area (Å²) in [5.74, 6) is -0.731. The maximum Gasteiger partial charge on any atom is 0.255 e. The minimum Gasteiger partial charge on any atom is -0.322 e. The first-order valence-corrected chi connectivity index (χ1v) is 9.04. The Labute approximate surface area is 143 Å². The summed E-state index contributed by atoms with van der Waals surface area (Å²) < 4.78 is 0. The molecule has 2 aliphatic heterocycles. The lowest BCUT2D eigenvalue weighted by Crippen LogP contribution is -2.52. The van der Waals surface area contributed by atoms with Crippen LogP contribution in [0.15, 0.2) is 18.2 Å². The van der Waals surface area contributed by atoms with Gasteiger partial charge in [0.15, 0.2) is 0 Å². The van der Waals surface area contributed by atoms with Gasteiger partial charge >= 0.3 is 0 Å². The standard InChI is InChI=1S/C17H19BrN2O3/c18-8-2-1-3-11-4-5-13-12(9-11)10-20(17(13)23)14-6-7-15(21)19-16(14)22/h4-5,9,14H,1-3,6-8,10H2,(H,19,21,22). The summed E-state index contributed by atoms with van der Waals surface area (Å²) >= 11 is 3.43. The highest BCUT2D eigenvalue weighted by Gasteiger charge is 2.38. The van der Waals surface area contributed by atoms with Gasteiger partial charge in [-0.2, -0.15) is 0 Å². The number of alkyl halides is 1. The SMILES string of the molecule is O=C1CCC(N2Cc3cc(CCCCBr)ccc3C2=O)C(=O)N1.